The van der Waals surface area contributed by atoms with Crippen LogP contribution in [-0.4, -0.2) is 24.7 Å². The van der Waals surface area contributed by atoms with Crippen LogP contribution in [-0.2, 0) is 21.0 Å². The summed E-state index contributed by atoms with van der Waals surface area (Å²) in [4.78, 5) is 28.8. The van der Waals surface area contributed by atoms with Crippen molar-refractivity contribution < 1.29 is 18.7 Å². The molecule has 0 radical (unpaired) electrons. The standard InChI is InChI=1S/C24H19FN2O3S/c1-30-19-9-4-6-16(12-19)14-26-21-11-3-2-10-20(21)24(23(26)29)27(22(28)15-31-24)18-8-5-7-17(25)13-18/h2-13H,14-15H2,1H3/t24-/m1/s1. The summed E-state index contributed by atoms with van der Waals surface area (Å²) in [6.07, 6.45) is 0. The number of rotatable bonds is 4. The number of carbonyl (C=O) groups excluding carboxylic acids is 2. The number of anilines is 2. The Morgan fingerprint density at radius 2 is 1.84 bits per heavy atom. The van der Waals surface area contributed by atoms with Gasteiger partial charge in [-0.2, -0.15) is 0 Å². The zero-order valence-corrected chi connectivity index (χ0v) is 17.6. The highest BCUT2D eigenvalue weighted by atomic mass is 32.2. The summed E-state index contributed by atoms with van der Waals surface area (Å²) in [5.41, 5.74) is 2.77. The van der Waals surface area contributed by atoms with Gasteiger partial charge in [0.25, 0.3) is 5.91 Å². The van der Waals surface area contributed by atoms with Gasteiger partial charge in [0, 0.05) is 11.3 Å². The first-order valence-electron chi connectivity index (χ1n) is 9.81. The highest BCUT2D eigenvalue weighted by Crippen LogP contribution is 2.55. The van der Waals surface area contributed by atoms with Crippen molar-refractivity contribution in [3.63, 3.8) is 0 Å². The number of carbonyl (C=O) groups is 2. The van der Waals surface area contributed by atoms with Crippen molar-refractivity contribution in [1.82, 2.24) is 0 Å². The molecule has 7 heteroatoms. The summed E-state index contributed by atoms with van der Waals surface area (Å²) in [5, 5.41) is 0. The fourth-order valence-electron chi connectivity index (χ4n) is 4.28. The normalized spacial score (nSPS) is 19.9. The van der Waals surface area contributed by atoms with Crippen LogP contribution in [0.25, 0.3) is 0 Å². The number of halogens is 1. The second-order valence-corrected chi connectivity index (χ2v) is 8.57. The minimum atomic E-state index is -1.25. The van der Waals surface area contributed by atoms with E-state index >= 15 is 0 Å². The molecule has 156 valence electrons. The van der Waals surface area contributed by atoms with Gasteiger partial charge in [-0.15, -0.1) is 11.8 Å². The Kier molecular flexibility index (Phi) is 4.70. The topological polar surface area (TPSA) is 49.9 Å². The molecule has 2 amide bonds. The zero-order chi connectivity index (χ0) is 21.6. The molecule has 1 fully saturated rings. The van der Waals surface area contributed by atoms with E-state index in [1.54, 1.807) is 24.1 Å². The van der Waals surface area contributed by atoms with Crippen LogP contribution in [0.15, 0.2) is 72.8 Å². The van der Waals surface area contributed by atoms with Gasteiger partial charge in [-0.1, -0.05) is 36.4 Å². The van der Waals surface area contributed by atoms with Gasteiger partial charge >= 0.3 is 0 Å². The van der Waals surface area contributed by atoms with E-state index in [-0.39, 0.29) is 17.6 Å². The predicted octanol–water partition coefficient (Wildman–Crippen LogP) is 4.31. The van der Waals surface area contributed by atoms with Crippen LogP contribution in [0.3, 0.4) is 0 Å². The van der Waals surface area contributed by atoms with Crippen LogP contribution < -0.4 is 14.5 Å². The maximum absolute atomic E-state index is 14.0. The molecular weight excluding hydrogens is 415 g/mol. The number of benzene rings is 3. The minimum absolute atomic E-state index is 0.142. The van der Waals surface area contributed by atoms with E-state index in [1.165, 1.54) is 28.8 Å². The number of ether oxygens (including phenoxy) is 1. The molecule has 0 bridgehead atoms. The number of methoxy groups -OCH3 is 1. The number of hydrogen-bond acceptors (Lipinski definition) is 4. The van der Waals surface area contributed by atoms with Crippen molar-refractivity contribution in [3.05, 3.63) is 89.7 Å². The summed E-state index contributed by atoms with van der Waals surface area (Å²) in [5.74, 6) is -0.0364. The average molecular weight is 434 g/mol. The average Bonchev–Trinajstić information content (AvgIpc) is 3.25. The molecule has 5 nitrogen and oxygen atoms in total. The van der Waals surface area contributed by atoms with Gasteiger partial charge in [0.15, 0.2) is 0 Å². The third-order valence-electron chi connectivity index (χ3n) is 5.61. The number of amides is 2. The Hall–Kier alpha value is -3.32. The lowest BCUT2D eigenvalue weighted by Crippen LogP contribution is -2.49. The molecule has 0 aromatic heterocycles. The van der Waals surface area contributed by atoms with Gasteiger partial charge in [0.2, 0.25) is 10.8 Å². The molecule has 5 rings (SSSR count). The summed E-state index contributed by atoms with van der Waals surface area (Å²) in [6, 6.07) is 20.9. The predicted molar refractivity (Wildman–Crippen MR) is 119 cm³/mol. The second kappa shape index (κ2) is 7.42. The van der Waals surface area contributed by atoms with Crippen molar-refractivity contribution in [2.24, 2.45) is 0 Å². The van der Waals surface area contributed by atoms with Crippen molar-refractivity contribution >= 4 is 35.0 Å². The van der Waals surface area contributed by atoms with Crippen LogP contribution in [0.1, 0.15) is 11.1 Å². The molecule has 2 aliphatic heterocycles. The quantitative estimate of drug-likeness (QED) is 0.614. The van der Waals surface area contributed by atoms with Crippen LogP contribution >= 0.6 is 11.8 Å². The summed E-state index contributed by atoms with van der Waals surface area (Å²) in [7, 11) is 1.60. The smallest absolute Gasteiger partial charge is 0.269 e. The number of hydrogen-bond donors (Lipinski definition) is 0. The molecule has 2 aliphatic rings. The van der Waals surface area contributed by atoms with Gasteiger partial charge in [0.1, 0.15) is 11.6 Å². The van der Waals surface area contributed by atoms with E-state index in [0.29, 0.717) is 18.0 Å². The lowest BCUT2D eigenvalue weighted by Gasteiger charge is -2.33. The van der Waals surface area contributed by atoms with E-state index in [4.69, 9.17) is 4.74 Å². The van der Waals surface area contributed by atoms with Gasteiger partial charge < -0.3 is 9.64 Å². The Bertz CT molecular complexity index is 1200. The highest BCUT2D eigenvalue weighted by Gasteiger charge is 2.60. The van der Waals surface area contributed by atoms with E-state index < -0.39 is 10.7 Å². The molecular formula is C24H19FN2O3S. The van der Waals surface area contributed by atoms with Gasteiger partial charge in [-0.05, 0) is 42.0 Å². The second-order valence-electron chi connectivity index (χ2n) is 7.40. The van der Waals surface area contributed by atoms with Gasteiger partial charge in [0.05, 0.1) is 25.1 Å². The molecule has 0 N–H and O–H groups in total. The summed E-state index contributed by atoms with van der Waals surface area (Å²) in [6.45, 7) is 0.334. The number of fused-ring (bicyclic) bond motifs is 2. The highest BCUT2D eigenvalue weighted by molar-refractivity contribution is 8.02. The first-order valence-corrected chi connectivity index (χ1v) is 10.8. The molecule has 1 saturated heterocycles. The summed E-state index contributed by atoms with van der Waals surface area (Å²) >= 11 is 1.28. The fourth-order valence-corrected chi connectivity index (χ4v) is 5.64. The van der Waals surface area contributed by atoms with E-state index in [0.717, 1.165) is 16.8 Å². The maximum Gasteiger partial charge on any atom is 0.269 e. The van der Waals surface area contributed by atoms with Crippen molar-refractivity contribution in [2.75, 3.05) is 22.7 Å². The zero-order valence-electron chi connectivity index (χ0n) is 16.7. The molecule has 0 aliphatic carbocycles. The molecule has 31 heavy (non-hydrogen) atoms. The van der Waals surface area contributed by atoms with Crippen molar-refractivity contribution in [1.29, 1.82) is 0 Å². The molecule has 0 saturated carbocycles. The van der Waals surface area contributed by atoms with Crippen LogP contribution in [0.4, 0.5) is 15.8 Å². The van der Waals surface area contributed by atoms with Crippen LogP contribution in [0.5, 0.6) is 5.75 Å². The Labute approximate surface area is 183 Å². The van der Waals surface area contributed by atoms with Crippen LogP contribution in [0.2, 0.25) is 0 Å². The first kappa shape index (κ1) is 19.6. The number of thioether (sulfide) groups is 1. The third-order valence-corrected chi connectivity index (χ3v) is 6.99. The van der Waals surface area contributed by atoms with Gasteiger partial charge in [-0.25, -0.2) is 4.39 Å². The van der Waals surface area contributed by atoms with Crippen molar-refractivity contribution in [2.45, 2.75) is 11.4 Å². The molecule has 0 unspecified atom stereocenters. The van der Waals surface area contributed by atoms with E-state index in [9.17, 15) is 14.0 Å². The molecule has 3 aromatic carbocycles. The largest absolute Gasteiger partial charge is 0.497 e. The summed E-state index contributed by atoms with van der Waals surface area (Å²) < 4.78 is 19.3. The Morgan fingerprint density at radius 1 is 1.03 bits per heavy atom. The maximum atomic E-state index is 14.0. The Morgan fingerprint density at radius 3 is 2.65 bits per heavy atom. The number of nitrogens with zero attached hydrogens (tertiary/aromatic N) is 2. The molecule has 1 atom stereocenters. The van der Waals surface area contributed by atoms with Crippen molar-refractivity contribution in [3.8, 4) is 5.75 Å². The van der Waals surface area contributed by atoms with E-state index in [2.05, 4.69) is 0 Å². The monoisotopic (exact) mass is 434 g/mol. The first-order chi connectivity index (χ1) is 15.0. The molecule has 3 aromatic rings. The number of para-hydroxylation sites is 1. The fraction of sp³-hybridized carbons (Fsp3) is 0.167. The molecule has 2 heterocycles. The lowest BCUT2D eigenvalue weighted by molar-refractivity contribution is -0.123. The van der Waals surface area contributed by atoms with E-state index in [1.807, 2.05) is 48.5 Å². The van der Waals surface area contributed by atoms with Gasteiger partial charge in [-0.3, -0.25) is 14.5 Å². The van der Waals surface area contributed by atoms with Crippen LogP contribution in [0, 0.1) is 5.82 Å². The lowest BCUT2D eigenvalue weighted by atomic mass is 10.0. The third kappa shape index (κ3) is 2.99. The Balaban J connectivity index is 1.63. The SMILES string of the molecule is COc1cccc(CN2C(=O)[C@]3(SCC(=O)N3c3cccc(F)c3)c3ccccc32)c1. The molecule has 1 spiro atoms. The minimum Gasteiger partial charge on any atom is -0.497 e.